The number of nitrogens with two attached hydrogens (primary N) is 1. The average Bonchev–Trinajstić information content (AvgIpc) is 3.48. The number of nitrogens with zero attached hydrogens (tertiary/aromatic N) is 3. The molecule has 1 aliphatic heterocycles. The van der Waals surface area contributed by atoms with Crippen molar-refractivity contribution in [1.29, 1.82) is 0 Å². The molecule has 5 atom stereocenters. The largest absolute Gasteiger partial charge is 0.390 e. The summed E-state index contributed by atoms with van der Waals surface area (Å²) in [7, 11) is 0. The molecular weight excluding hydrogens is 470 g/mol. The predicted octanol–water partition coefficient (Wildman–Crippen LogP) is 3.32. The van der Waals surface area contributed by atoms with Gasteiger partial charge in [-0.1, -0.05) is 12.1 Å². The van der Waals surface area contributed by atoms with Crippen LogP contribution >= 0.6 is 15.9 Å². The van der Waals surface area contributed by atoms with Crippen LogP contribution in [0.1, 0.15) is 30.5 Å². The van der Waals surface area contributed by atoms with Gasteiger partial charge < -0.3 is 25.8 Å². The van der Waals surface area contributed by atoms with Crippen LogP contribution in [0.25, 0.3) is 21.9 Å². The Kier molecular flexibility index (Phi) is 4.55. The number of pyridine rings is 2. The first-order valence-corrected chi connectivity index (χ1v) is 11.6. The van der Waals surface area contributed by atoms with Crippen LogP contribution < -0.4 is 11.1 Å². The van der Waals surface area contributed by atoms with Gasteiger partial charge in [0.15, 0.2) is 0 Å². The van der Waals surface area contributed by atoms with E-state index in [0.717, 1.165) is 38.4 Å². The van der Waals surface area contributed by atoms with Crippen molar-refractivity contribution in [2.75, 3.05) is 12.3 Å². The number of hydrogen-bond donors (Lipinski definition) is 4. The molecule has 6 rings (SSSR count). The maximum absolute atomic E-state index is 11.1. The molecule has 5 N–H and O–H groups in total. The van der Waals surface area contributed by atoms with Crippen molar-refractivity contribution < 1.29 is 10.2 Å². The van der Waals surface area contributed by atoms with Crippen molar-refractivity contribution in [3.05, 3.63) is 64.9 Å². The highest BCUT2D eigenvalue weighted by Crippen LogP contribution is 2.52. The number of rotatable bonds is 2. The minimum Gasteiger partial charge on any atom is -0.390 e. The van der Waals surface area contributed by atoms with E-state index >= 15 is 0 Å². The molecular formula is C24H24BrN5O2. The van der Waals surface area contributed by atoms with Gasteiger partial charge >= 0.3 is 0 Å². The minimum absolute atomic E-state index is 0.0752. The number of benzene rings is 1. The highest BCUT2D eigenvalue weighted by Gasteiger charge is 2.56. The van der Waals surface area contributed by atoms with Crippen LogP contribution in [0.5, 0.6) is 0 Å². The van der Waals surface area contributed by atoms with Gasteiger partial charge in [-0.3, -0.25) is 0 Å². The molecule has 3 aromatic heterocycles. The first-order chi connectivity index (χ1) is 15.4. The van der Waals surface area contributed by atoms with Crippen molar-refractivity contribution >= 4 is 43.7 Å². The number of nitrogen functional groups attached to an aromatic ring is 1. The second kappa shape index (κ2) is 7.25. The van der Waals surface area contributed by atoms with E-state index in [1.165, 1.54) is 0 Å². The van der Waals surface area contributed by atoms with Crippen molar-refractivity contribution in [2.24, 2.45) is 5.41 Å². The number of anilines is 1. The smallest absolute Gasteiger partial charge is 0.140 e. The van der Waals surface area contributed by atoms with Gasteiger partial charge in [0.25, 0.3) is 0 Å². The lowest BCUT2D eigenvalue weighted by atomic mass is 9.80. The summed E-state index contributed by atoms with van der Waals surface area (Å²) in [6.07, 6.45) is 3.50. The number of fused-ring (bicyclic) bond motifs is 2. The molecule has 0 amide bonds. The van der Waals surface area contributed by atoms with E-state index < -0.39 is 17.6 Å². The Morgan fingerprint density at radius 3 is 2.88 bits per heavy atom. The minimum atomic E-state index is -0.844. The number of halogens is 1. The van der Waals surface area contributed by atoms with Gasteiger partial charge in [-0.25, -0.2) is 9.97 Å². The third-order valence-electron chi connectivity index (χ3n) is 7.33. The summed E-state index contributed by atoms with van der Waals surface area (Å²) < 4.78 is 2.81. The molecule has 1 saturated carbocycles. The third kappa shape index (κ3) is 2.97. The monoisotopic (exact) mass is 493 g/mol. The fourth-order valence-corrected chi connectivity index (χ4v) is 5.97. The summed E-state index contributed by atoms with van der Waals surface area (Å²) in [6.45, 7) is 0.646. The Balaban J connectivity index is 1.30. The second-order valence-corrected chi connectivity index (χ2v) is 10.0. The number of aliphatic hydroxyl groups is 2. The predicted molar refractivity (Wildman–Crippen MR) is 127 cm³/mol. The third-order valence-corrected chi connectivity index (χ3v) is 7.97. The summed E-state index contributed by atoms with van der Waals surface area (Å²) in [5.74, 6) is 0.468. The SMILES string of the molecule is Nc1nc2cc(C3CC4(CN3)CC(n3ccc5cccnc53)C(O)C4O)ccc2cc1Br. The van der Waals surface area contributed by atoms with Crippen LogP contribution in [0.4, 0.5) is 5.82 Å². The van der Waals surface area contributed by atoms with Gasteiger partial charge in [-0.15, -0.1) is 0 Å². The standard InChI is InChI=1S/C24H24BrN5O2/c25-16-8-14-3-4-15(9-17(14)29-22(16)26)18-10-24(12-28-18)11-19(20(31)21(24)32)30-7-5-13-2-1-6-27-23(13)30/h1-9,18-21,28,31-32H,10-12H2,(H2,26,29). The van der Waals surface area contributed by atoms with Gasteiger partial charge in [0.05, 0.1) is 22.1 Å². The zero-order valence-electron chi connectivity index (χ0n) is 17.3. The first kappa shape index (κ1) is 20.1. The summed E-state index contributed by atoms with van der Waals surface area (Å²) in [6, 6.07) is 14.0. The molecule has 1 spiro atoms. The Morgan fingerprint density at radius 2 is 2.00 bits per heavy atom. The lowest BCUT2D eigenvalue weighted by Crippen LogP contribution is -2.38. The lowest BCUT2D eigenvalue weighted by molar-refractivity contribution is -0.0218. The molecule has 2 aliphatic rings. The summed E-state index contributed by atoms with van der Waals surface area (Å²) in [4.78, 5) is 9.00. The molecule has 32 heavy (non-hydrogen) atoms. The molecule has 4 heterocycles. The maximum Gasteiger partial charge on any atom is 0.140 e. The normalized spacial score (nSPS) is 30.1. The molecule has 5 unspecified atom stereocenters. The van der Waals surface area contributed by atoms with Gasteiger partial charge in [0.1, 0.15) is 17.6 Å². The molecule has 7 nitrogen and oxygen atoms in total. The highest BCUT2D eigenvalue weighted by atomic mass is 79.9. The van der Waals surface area contributed by atoms with Crippen molar-refractivity contribution in [2.45, 2.75) is 37.1 Å². The Bertz CT molecular complexity index is 1340. The van der Waals surface area contributed by atoms with E-state index in [0.29, 0.717) is 18.8 Å². The molecule has 1 aromatic carbocycles. The van der Waals surface area contributed by atoms with Gasteiger partial charge in [0.2, 0.25) is 0 Å². The van der Waals surface area contributed by atoms with Crippen LogP contribution in [0.15, 0.2) is 59.3 Å². The van der Waals surface area contributed by atoms with Crippen LogP contribution in [0, 0.1) is 5.41 Å². The van der Waals surface area contributed by atoms with Crippen LogP contribution in [0.2, 0.25) is 0 Å². The fraction of sp³-hybridized carbons (Fsp3) is 0.333. The summed E-state index contributed by atoms with van der Waals surface area (Å²) >= 11 is 3.43. The first-order valence-electron chi connectivity index (χ1n) is 10.8. The van der Waals surface area contributed by atoms with Crippen molar-refractivity contribution in [3.63, 3.8) is 0 Å². The molecule has 0 bridgehead atoms. The molecule has 2 fully saturated rings. The summed E-state index contributed by atoms with van der Waals surface area (Å²) in [5.41, 5.74) is 8.38. The van der Waals surface area contributed by atoms with Crippen molar-refractivity contribution in [1.82, 2.24) is 19.9 Å². The zero-order chi connectivity index (χ0) is 22.0. The van der Waals surface area contributed by atoms with Crippen LogP contribution in [-0.2, 0) is 0 Å². The van der Waals surface area contributed by atoms with Crippen molar-refractivity contribution in [3.8, 4) is 0 Å². The average molecular weight is 494 g/mol. The van der Waals surface area contributed by atoms with Gasteiger partial charge in [-0.05, 0) is 64.7 Å². The molecule has 0 radical (unpaired) electrons. The summed E-state index contributed by atoms with van der Waals surface area (Å²) in [5, 5.41) is 27.8. The van der Waals surface area contributed by atoms with Gasteiger partial charge in [-0.2, -0.15) is 0 Å². The maximum atomic E-state index is 11.1. The van der Waals surface area contributed by atoms with E-state index in [1.54, 1.807) is 6.20 Å². The van der Waals surface area contributed by atoms with Crippen LogP contribution in [0.3, 0.4) is 0 Å². The lowest BCUT2D eigenvalue weighted by Gasteiger charge is -2.27. The molecule has 1 saturated heterocycles. The van der Waals surface area contributed by atoms with E-state index in [2.05, 4.69) is 49.4 Å². The Labute approximate surface area is 193 Å². The number of aliphatic hydroxyl groups excluding tert-OH is 2. The Hall–Kier alpha value is -2.52. The quantitative estimate of drug-likeness (QED) is 0.341. The Morgan fingerprint density at radius 1 is 1.12 bits per heavy atom. The number of nitrogens with one attached hydrogen (secondary N) is 1. The van der Waals surface area contributed by atoms with E-state index in [9.17, 15) is 10.2 Å². The highest BCUT2D eigenvalue weighted by molar-refractivity contribution is 9.10. The van der Waals surface area contributed by atoms with E-state index in [1.807, 2.05) is 35.0 Å². The topological polar surface area (TPSA) is 109 Å². The molecule has 1 aliphatic carbocycles. The van der Waals surface area contributed by atoms with E-state index in [-0.39, 0.29) is 12.1 Å². The molecule has 164 valence electrons. The number of hydrogen-bond acceptors (Lipinski definition) is 6. The zero-order valence-corrected chi connectivity index (χ0v) is 18.9. The van der Waals surface area contributed by atoms with Gasteiger partial charge in [0, 0.05) is 41.2 Å². The van der Waals surface area contributed by atoms with Crippen LogP contribution in [-0.4, -0.2) is 43.5 Å². The molecule has 4 aromatic rings. The van der Waals surface area contributed by atoms with E-state index in [4.69, 9.17) is 5.73 Å². The second-order valence-electron chi connectivity index (χ2n) is 9.15. The fourth-order valence-electron chi connectivity index (χ4n) is 5.63. The number of aromatic nitrogens is 3. The molecule has 8 heteroatoms.